The van der Waals surface area contributed by atoms with Crippen LogP contribution in [0.25, 0.3) is 0 Å². The summed E-state index contributed by atoms with van der Waals surface area (Å²) >= 11 is 0. The van der Waals surface area contributed by atoms with Gasteiger partial charge in [-0.3, -0.25) is 0 Å². The van der Waals surface area contributed by atoms with Crippen molar-refractivity contribution in [1.29, 1.82) is 0 Å². The Labute approximate surface area is 145 Å². The lowest BCUT2D eigenvalue weighted by Gasteiger charge is -2.51. The highest BCUT2D eigenvalue weighted by Crippen LogP contribution is 2.53. The average Bonchev–Trinajstić information content (AvgIpc) is 2.89. The van der Waals surface area contributed by atoms with Gasteiger partial charge >= 0.3 is 5.97 Å². The van der Waals surface area contributed by atoms with Gasteiger partial charge in [-0.2, -0.15) is 0 Å². The van der Waals surface area contributed by atoms with Crippen LogP contribution in [0.5, 0.6) is 0 Å². The summed E-state index contributed by atoms with van der Waals surface area (Å²) in [5, 5.41) is 0. The maximum absolute atomic E-state index is 12.2. The van der Waals surface area contributed by atoms with E-state index in [1.165, 1.54) is 16.9 Å². The van der Waals surface area contributed by atoms with Crippen LogP contribution in [0.4, 0.5) is 0 Å². The quantitative estimate of drug-likeness (QED) is 0.578. The minimum absolute atomic E-state index is 0.0217. The van der Waals surface area contributed by atoms with Crippen molar-refractivity contribution in [3.05, 3.63) is 34.8 Å². The number of carbonyl (C=O) groups excluding carboxylic acids is 1. The maximum atomic E-state index is 12.2. The molecule has 1 aromatic heterocycles. The zero-order valence-corrected chi connectivity index (χ0v) is 15.6. The number of ether oxygens (including phenoxy) is 1. The molecule has 0 saturated heterocycles. The van der Waals surface area contributed by atoms with E-state index in [0.717, 1.165) is 37.7 Å². The second-order valence-corrected chi connectivity index (χ2v) is 8.09. The van der Waals surface area contributed by atoms with Crippen LogP contribution < -0.4 is 0 Å². The van der Waals surface area contributed by atoms with Crippen molar-refractivity contribution in [2.24, 2.45) is 17.3 Å². The smallest absolute Gasteiger partial charge is 0.330 e. The molecule has 2 aliphatic rings. The molecule has 0 spiro atoms. The molecular weight excluding hydrogens is 300 g/mol. The van der Waals surface area contributed by atoms with Gasteiger partial charge in [0, 0.05) is 12.5 Å². The van der Waals surface area contributed by atoms with Crippen LogP contribution in [-0.2, 0) is 22.4 Å². The molecule has 3 rings (SSSR count). The Bertz CT molecular complexity index is 654. The fourth-order valence-corrected chi connectivity index (χ4v) is 4.57. The lowest BCUT2D eigenvalue weighted by atomic mass is 9.55. The van der Waals surface area contributed by atoms with Crippen molar-refractivity contribution in [3.8, 4) is 0 Å². The van der Waals surface area contributed by atoms with Gasteiger partial charge in [0.25, 0.3) is 0 Å². The van der Waals surface area contributed by atoms with E-state index in [1.54, 1.807) is 6.08 Å². The topological polar surface area (TPSA) is 39.4 Å². The first-order chi connectivity index (χ1) is 11.3. The van der Waals surface area contributed by atoms with E-state index in [-0.39, 0.29) is 17.5 Å². The zero-order valence-electron chi connectivity index (χ0n) is 15.6. The molecule has 0 N–H and O–H groups in total. The van der Waals surface area contributed by atoms with Gasteiger partial charge in [0.2, 0.25) is 0 Å². The fraction of sp³-hybridized carbons (Fsp3) is 0.667. The van der Waals surface area contributed by atoms with Gasteiger partial charge in [-0.25, -0.2) is 4.79 Å². The summed E-state index contributed by atoms with van der Waals surface area (Å²) in [5.41, 5.74) is 3.89. The molecule has 0 amide bonds. The van der Waals surface area contributed by atoms with Gasteiger partial charge in [-0.15, -0.1) is 0 Å². The SMILES string of the molecule is CC/C(C)=C/C(=O)O[C@@H]1CC[C@H]2Cc3occ(C)c3C[C@@]2(C)[C@H]1C. The molecule has 3 heteroatoms. The first kappa shape index (κ1) is 17.3. The van der Waals surface area contributed by atoms with E-state index in [4.69, 9.17) is 9.15 Å². The van der Waals surface area contributed by atoms with Crippen molar-refractivity contribution in [2.75, 3.05) is 0 Å². The number of aryl methyl sites for hydroxylation is 1. The number of carbonyl (C=O) groups is 1. The molecule has 132 valence electrons. The fourth-order valence-electron chi connectivity index (χ4n) is 4.57. The van der Waals surface area contributed by atoms with Crippen LogP contribution in [0, 0.1) is 24.2 Å². The van der Waals surface area contributed by atoms with E-state index in [2.05, 4.69) is 27.7 Å². The molecule has 1 saturated carbocycles. The van der Waals surface area contributed by atoms with Crippen molar-refractivity contribution >= 4 is 5.97 Å². The number of furan rings is 1. The Hall–Kier alpha value is -1.51. The standard InChI is InChI=1S/C21H30O3/c1-6-13(2)9-20(22)24-18-8-7-16-10-19-17(14(3)12-23-19)11-21(16,5)15(18)4/h9,12,15-16,18H,6-8,10-11H2,1-5H3/b13-9+/t15-,16-,18+,21-/m0/s1. The second kappa shape index (κ2) is 6.42. The summed E-state index contributed by atoms with van der Waals surface area (Å²) in [5.74, 6) is 1.98. The van der Waals surface area contributed by atoms with Gasteiger partial charge in [0.15, 0.2) is 0 Å². The predicted molar refractivity (Wildman–Crippen MR) is 94.8 cm³/mol. The first-order valence-corrected chi connectivity index (χ1v) is 9.28. The molecule has 1 heterocycles. The summed E-state index contributed by atoms with van der Waals surface area (Å²) in [6, 6.07) is 0. The third-order valence-corrected chi connectivity index (χ3v) is 6.70. The molecule has 0 unspecified atom stereocenters. The van der Waals surface area contributed by atoms with Gasteiger partial charge in [-0.05, 0) is 67.9 Å². The normalized spacial score (nSPS) is 32.9. The Balaban J connectivity index is 1.77. The minimum atomic E-state index is -0.177. The van der Waals surface area contributed by atoms with Gasteiger partial charge in [-0.1, -0.05) is 26.3 Å². The molecule has 0 aromatic carbocycles. The molecule has 2 aliphatic carbocycles. The van der Waals surface area contributed by atoms with E-state index < -0.39 is 0 Å². The average molecular weight is 330 g/mol. The monoisotopic (exact) mass is 330 g/mol. The molecular formula is C21H30O3. The molecule has 0 bridgehead atoms. The van der Waals surface area contributed by atoms with Crippen LogP contribution in [0.1, 0.15) is 63.8 Å². The lowest BCUT2D eigenvalue weighted by molar-refractivity contribution is -0.155. The number of hydrogen-bond donors (Lipinski definition) is 0. The molecule has 0 radical (unpaired) electrons. The number of fused-ring (bicyclic) bond motifs is 2. The largest absolute Gasteiger partial charge is 0.469 e. The van der Waals surface area contributed by atoms with Crippen molar-refractivity contribution in [2.45, 2.75) is 72.8 Å². The maximum Gasteiger partial charge on any atom is 0.330 e. The summed E-state index contributed by atoms with van der Waals surface area (Å²) in [4.78, 5) is 12.2. The highest BCUT2D eigenvalue weighted by molar-refractivity contribution is 5.82. The van der Waals surface area contributed by atoms with Gasteiger partial charge in [0.1, 0.15) is 11.9 Å². The second-order valence-electron chi connectivity index (χ2n) is 8.09. The highest BCUT2D eigenvalue weighted by Gasteiger charge is 2.50. The van der Waals surface area contributed by atoms with Gasteiger partial charge < -0.3 is 9.15 Å². The summed E-state index contributed by atoms with van der Waals surface area (Å²) < 4.78 is 11.6. The number of hydrogen-bond acceptors (Lipinski definition) is 3. The molecule has 1 aromatic rings. The van der Waals surface area contributed by atoms with Crippen molar-refractivity contribution in [3.63, 3.8) is 0 Å². The van der Waals surface area contributed by atoms with E-state index in [1.807, 2.05) is 13.2 Å². The van der Waals surface area contributed by atoms with Crippen LogP contribution in [0.3, 0.4) is 0 Å². The third kappa shape index (κ3) is 2.94. The Kier molecular flexibility index (Phi) is 4.63. The molecule has 0 aliphatic heterocycles. The number of rotatable bonds is 3. The Morgan fingerprint density at radius 3 is 2.92 bits per heavy atom. The Morgan fingerprint density at radius 1 is 1.46 bits per heavy atom. The first-order valence-electron chi connectivity index (χ1n) is 9.28. The molecule has 24 heavy (non-hydrogen) atoms. The molecule has 3 nitrogen and oxygen atoms in total. The van der Waals surface area contributed by atoms with Crippen molar-refractivity contribution in [1.82, 2.24) is 0 Å². The third-order valence-electron chi connectivity index (χ3n) is 6.70. The van der Waals surface area contributed by atoms with Crippen LogP contribution in [0.15, 0.2) is 22.3 Å². The zero-order chi connectivity index (χ0) is 17.5. The van der Waals surface area contributed by atoms with Crippen LogP contribution in [-0.4, -0.2) is 12.1 Å². The van der Waals surface area contributed by atoms with E-state index in [0.29, 0.717) is 11.8 Å². The highest BCUT2D eigenvalue weighted by atomic mass is 16.5. The Morgan fingerprint density at radius 2 is 2.21 bits per heavy atom. The van der Waals surface area contributed by atoms with E-state index >= 15 is 0 Å². The number of allylic oxidation sites excluding steroid dienone is 1. The summed E-state index contributed by atoms with van der Waals surface area (Å²) in [7, 11) is 0. The summed E-state index contributed by atoms with van der Waals surface area (Å²) in [6.07, 6.45) is 8.58. The van der Waals surface area contributed by atoms with Crippen LogP contribution >= 0.6 is 0 Å². The minimum Gasteiger partial charge on any atom is -0.469 e. The number of esters is 1. The van der Waals surface area contributed by atoms with Crippen molar-refractivity contribution < 1.29 is 13.9 Å². The van der Waals surface area contributed by atoms with E-state index in [9.17, 15) is 4.79 Å². The molecule has 4 atom stereocenters. The lowest BCUT2D eigenvalue weighted by Crippen LogP contribution is -2.50. The summed E-state index contributed by atoms with van der Waals surface area (Å²) in [6.45, 7) is 10.8. The predicted octanol–water partition coefficient (Wildman–Crippen LogP) is 5.01. The molecule has 1 fully saturated rings. The van der Waals surface area contributed by atoms with Gasteiger partial charge in [0.05, 0.1) is 6.26 Å². The van der Waals surface area contributed by atoms with Crippen LogP contribution in [0.2, 0.25) is 0 Å².